The number of amides is 1. The average Bonchev–Trinajstić information content (AvgIpc) is 3.30. The Kier molecular flexibility index (Phi) is 5.38. The number of anilines is 1. The lowest BCUT2D eigenvalue weighted by Crippen LogP contribution is -2.11. The molecule has 150 valence electrons. The molecule has 2 aromatic heterocycles. The van der Waals surface area contributed by atoms with Crippen LogP contribution in [0.25, 0.3) is 22.8 Å². The molecule has 1 amide bonds. The lowest BCUT2D eigenvalue weighted by Gasteiger charge is -2.07. The molecule has 0 aliphatic carbocycles. The predicted molar refractivity (Wildman–Crippen MR) is 110 cm³/mol. The summed E-state index contributed by atoms with van der Waals surface area (Å²) in [6.45, 7) is 0. The number of hydrogen-bond donors (Lipinski definition) is 1. The zero-order valence-corrected chi connectivity index (χ0v) is 16.3. The maximum Gasteiger partial charge on any atom is 0.258 e. The molecule has 0 aliphatic rings. The van der Waals surface area contributed by atoms with Gasteiger partial charge >= 0.3 is 0 Å². The Morgan fingerprint density at radius 2 is 1.73 bits per heavy atom. The van der Waals surface area contributed by atoms with Crippen molar-refractivity contribution in [1.29, 1.82) is 0 Å². The third-order valence-electron chi connectivity index (χ3n) is 4.38. The Labute approximate surface area is 172 Å². The summed E-state index contributed by atoms with van der Waals surface area (Å²) in [4.78, 5) is 20.7. The molecule has 0 aliphatic heterocycles. The van der Waals surface area contributed by atoms with Crippen molar-refractivity contribution in [1.82, 2.24) is 15.1 Å². The molecule has 0 unspecified atom stereocenters. The second-order valence-electron chi connectivity index (χ2n) is 6.26. The molecule has 4 rings (SSSR count). The van der Waals surface area contributed by atoms with Crippen LogP contribution in [0.3, 0.4) is 0 Å². The summed E-state index contributed by atoms with van der Waals surface area (Å²) < 4.78 is 16.0. The zero-order chi connectivity index (χ0) is 20.9. The minimum atomic E-state index is -0.230. The number of nitrogens with zero attached hydrogens (tertiary/aromatic N) is 3. The molecule has 1 N–H and O–H groups in total. The maximum absolute atomic E-state index is 12.4. The van der Waals surface area contributed by atoms with Crippen LogP contribution < -0.4 is 14.8 Å². The highest BCUT2D eigenvalue weighted by atomic mass is 16.5. The smallest absolute Gasteiger partial charge is 0.258 e. The fourth-order valence-electron chi connectivity index (χ4n) is 2.87. The van der Waals surface area contributed by atoms with Gasteiger partial charge in [-0.05, 0) is 48.5 Å². The van der Waals surface area contributed by atoms with Crippen LogP contribution in [-0.2, 0) is 0 Å². The van der Waals surface area contributed by atoms with Crippen LogP contribution in [0.1, 0.15) is 10.4 Å². The molecule has 2 aromatic carbocycles. The number of hydrogen-bond acceptors (Lipinski definition) is 7. The van der Waals surface area contributed by atoms with Crippen molar-refractivity contribution in [2.45, 2.75) is 0 Å². The number of pyridine rings is 1. The molecule has 0 atom stereocenters. The summed E-state index contributed by atoms with van der Waals surface area (Å²) in [7, 11) is 3.14. The summed E-state index contributed by atoms with van der Waals surface area (Å²) in [6.07, 6.45) is 3.14. The number of methoxy groups -OCH3 is 2. The van der Waals surface area contributed by atoms with E-state index in [4.69, 9.17) is 14.0 Å². The highest BCUT2D eigenvalue weighted by Crippen LogP contribution is 2.32. The predicted octanol–water partition coefficient (Wildman–Crippen LogP) is 4.07. The second kappa shape index (κ2) is 8.44. The first-order valence-corrected chi connectivity index (χ1v) is 9.06. The Morgan fingerprint density at radius 1 is 0.933 bits per heavy atom. The van der Waals surface area contributed by atoms with Gasteiger partial charge in [0, 0.05) is 34.8 Å². The van der Waals surface area contributed by atoms with Crippen LogP contribution in [0, 0.1) is 0 Å². The first-order chi connectivity index (χ1) is 14.7. The molecule has 0 radical (unpaired) electrons. The molecule has 0 saturated carbocycles. The van der Waals surface area contributed by atoms with Crippen molar-refractivity contribution in [3.8, 4) is 34.3 Å². The van der Waals surface area contributed by atoms with Gasteiger partial charge in [-0.25, -0.2) is 0 Å². The summed E-state index contributed by atoms with van der Waals surface area (Å²) in [5, 5.41) is 6.90. The van der Waals surface area contributed by atoms with Gasteiger partial charge in [-0.15, -0.1) is 0 Å². The number of carbonyl (C=O) groups is 1. The number of ether oxygens (including phenoxy) is 2. The molecular weight excluding hydrogens is 384 g/mol. The number of nitrogens with one attached hydrogen (secondary N) is 1. The monoisotopic (exact) mass is 402 g/mol. The van der Waals surface area contributed by atoms with Gasteiger partial charge < -0.3 is 19.3 Å². The lowest BCUT2D eigenvalue weighted by molar-refractivity contribution is 0.102. The van der Waals surface area contributed by atoms with E-state index in [1.54, 1.807) is 69.1 Å². The van der Waals surface area contributed by atoms with Crippen molar-refractivity contribution in [2.75, 3.05) is 19.5 Å². The topological polar surface area (TPSA) is 99.4 Å². The first kappa shape index (κ1) is 19.1. The molecule has 2 heterocycles. The summed E-state index contributed by atoms with van der Waals surface area (Å²) in [5.41, 5.74) is 2.54. The van der Waals surface area contributed by atoms with Gasteiger partial charge in [0.05, 0.1) is 14.2 Å². The van der Waals surface area contributed by atoms with Crippen LogP contribution in [0.2, 0.25) is 0 Å². The minimum Gasteiger partial charge on any atom is -0.493 e. The Balaban J connectivity index is 1.57. The molecule has 8 nitrogen and oxygen atoms in total. The van der Waals surface area contributed by atoms with E-state index in [1.165, 1.54) is 0 Å². The quantitative estimate of drug-likeness (QED) is 0.519. The van der Waals surface area contributed by atoms with E-state index in [2.05, 4.69) is 20.4 Å². The number of rotatable bonds is 6. The molecule has 0 bridgehead atoms. The maximum atomic E-state index is 12.4. The molecular formula is C22H18N4O4. The van der Waals surface area contributed by atoms with Gasteiger partial charge in [0.1, 0.15) is 0 Å². The molecule has 0 spiro atoms. The lowest BCUT2D eigenvalue weighted by atomic mass is 10.1. The van der Waals surface area contributed by atoms with E-state index in [0.29, 0.717) is 40.0 Å². The minimum absolute atomic E-state index is 0.230. The number of aromatic nitrogens is 3. The Morgan fingerprint density at radius 3 is 2.50 bits per heavy atom. The van der Waals surface area contributed by atoms with E-state index in [1.807, 2.05) is 12.1 Å². The average molecular weight is 402 g/mol. The molecule has 0 saturated heterocycles. The van der Waals surface area contributed by atoms with Gasteiger partial charge in [-0.3, -0.25) is 9.78 Å². The van der Waals surface area contributed by atoms with E-state index >= 15 is 0 Å². The molecule has 0 fully saturated rings. The normalized spacial score (nSPS) is 10.5. The highest BCUT2D eigenvalue weighted by molar-refractivity contribution is 6.04. The third-order valence-corrected chi connectivity index (χ3v) is 4.38. The molecule has 30 heavy (non-hydrogen) atoms. The molecule has 4 aromatic rings. The van der Waals surface area contributed by atoms with Crippen LogP contribution in [-0.4, -0.2) is 35.3 Å². The third kappa shape index (κ3) is 3.97. The summed E-state index contributed by atoms with van der Waals surface area (Å²) in [5.74, 6) is 1.70. The summed E-state index contributed by atoms with van der Waals surface area (Å²) >= 11 is 0. The van der Waals surface area contributed by atoms with Gasteiger partial charge in [0.25, 0.3) is 11.8 Å². The van der Waals surface area contributed by atoms with Gasteiger partial charge in [-0.1, -0.05) is 11.2 Å². The van der Waals surface area contributed by atoms with Gasteiger partial charge in [-0.2, -0.15) is 4.98 Å². The van der Waals surface area contributed by atoms with Crippen LogP contribution in [0.15, 0.2) is 71.5 Å². The zero-order valence-electron chi connectivity index (χ0n) is 16.3. The Bertz CT molecular complexity index is 1170. The number of benzene rings is 2. The first-order valence-electron chi connectivity index (χ1n) is 9.06. The second-order valence-corrected chi connectivity index (χ2v) is 6.26. The van der Waals surface area contributed by atoms with Crippen molar-refractivity contribution >= 4 is 11.6 Å². The fraction of sp³-hybridized carbons (Fsp3) is 0.0909. The van der Waals surface area contributed by atoms with Crippen LogP contribution in [0.5, 0.6) is 11.5 Å². The van der Waals surface area contributed by atoms with Gasteiger partial charge in [0.15, 0.2) is 11.5 Å². The van der Waals surface area contributed by atoms with E-state index < -0.39 is 0 Å². The fourth-order valence-corrected chi connectivity index (χ4v) is 2.87. The number of carbonyl (C=O) groups excluding carboxylic acids is 1. The van der Waals surface area contributed by atoms with E-state index in [9.17, 15) is 4.79 Å². The standard InChI is InChI=1S/C22H18N4O4/c1-28-18-7-6-15(13-19(18)29-2)20-25-22(30-26-20)16-4-3-5-17(12-16)24-21(27)14-8-10-23-11-9-14/h3-13H,1-2H3,(H,24,27). The van der Waals surface area contributed by atoms with E-state index in [-0.39, 0.29) is 5.91 Å². The van der Waals surface area contributed by atoms with Crippen molar-refractivity contribution < 1.29 is 18.8 Å². The SMILES string of the molecule is COc1ccc(-c2noc(-c3cccc(NC(=O)c4ccncc4)c3)n2)cc1OC. The Hall–Kier alpha value is -4.20. The van der Waals surface area contributed by atoms with Gasteiger partial charge in [0.2, 0.25) is 5.82 Å². The van der Waals surface area contributed by atoms with E-state index in [0.717, 1.165) is 5.56 Å². The van der Waals surface area contributed by atoms with Crippen LogP contribution in [0.4, 0.5) is 5.69 Å². The molecule has 8 heteroatoms. The van der Waals surface area contributed by atoms with Crippen molar-refractivity contribution in [2.24, 2.45) is 0 Å². The van der Waals surface area contributed by atoms with Crippen molar-refractivity contribution in [3.05, 3.63) is 72.6 Å². The largest absolute Gasteiger partial charge is 0.493 e. The summed E-state index contributed by atoms with van der Waals surface area (Å²) in [6, 6.07) is 15.9. The van der Waals surface area contributed by atoms with Crippen molar-refractivity contribution in [3.63, 3.8) is 0 Å². The highest BCUT2D eigenvalue weighted by Gasteiger charge is 2.14. The van der Waals surface area contributed by atoms with Crippen LogP contribution >= 0.6 is 0 Å².